The van der Waals surface area contributed by atoms with Crippen molar-refractivity contribution in [2.45, 2.75) is 111 Å². The Balaban J connectivity index is 1.61. The van der Waals surface area contributed by atoms with Gasteiger partial charge >= 0.3 is 0 Å². The van der Waals surface area contributed by atoms with Crippen LogP contribution in [0.5, 0.6) is 0 Å². The van der Waals surface area contributed by atoms with Crippen LogP contribution < -0.4 is 11.5 Å². The number of hydrogen-bond donors (Lipinski definition) is 5. The predicted octanol–water partition coefficient (Wildman–Crippen LogP) is 3.99. The Hall–Kier alpha value is -0.460. The standard InChI is InChI=1S/C30H52N2O3/c1-25(2)13-19-18-7-8-21-26(3)11-10-22(33)27(4,16-31)20(26)9-12-28(21,5)29(18,6)14-24(35)30(19,17-32)15-23(25)34/h7,19-24,33-35H,8-17,31-32H2,1-6H3/t19?,20?,21?,22-,23-,24+,26-,27+,28+,29+,30+/m0/s1. The highest BCUT2D eigenvalue weighted by molar-refractivity contribution is 5.35. The topological polar surface area (TPSA) is 113 Å². The number of nitrogens with two attached hydrogens (primary N) is 2. The minimum absolute atomic E-state index is 0.0715. The van der Waals surface area contributed by atoms with Crippen molar-refractivity contribution in [2.24, 2.45) is 61.7 Å². The average Bonchev–Trinajstić information content (AvgIpc) is 2.78. The molecule has 4 saturated carbocycles. The molecule has 0 amide bonds. The van der Waals surface area contributed by atoms with E-state index in [4.69, 9.17) is 11.5 Å². The molecule has 35 heavy (non-hydrogen) atoms. The van der Waals surface area contributed by atoms with Gasteiger partial charge in [0.1, 0.15) is 0 Å². The van der Waals surface area contributed by atoms with E-state index in [9.17, 15) is 15.3 Å². The van der Waals surface area contributed by atoms with Gasteiger partial charge in [-0.1, -0.05) is 53.2 Å². The predicted molar refractivity (Wildman–Crippen MR) is 140 cm³/mol. The van der Waals surface area contributed by atoms with Crippen LogP contribution in [0.25, 0.3) is 0 Å². The second-order valence-corrected chi connectivity index (χ2v) is 15.2. The minimum Gasteiger partial charge on any atom is -0.393 e. The van der Waals surface area contributed by atoms with E-state index < -0.39 is 17.6 Å². The molecule has 0 aliphatic heterocycles. The van der Waals surface area contributed by atoms with E-state index in [1.807, 2.05) is 0 Å². The highest BCUT2D eigenvalue weighted by Crippen LogP contribution is 2.75. The van der Waals surface area contributed by atoms with Gasteiger partial charge in [-0.15, -0.1) is 0 Å². The summed E-state index contributed by atoms with van der Waals surface area (Å²) in [7, 11) is 0. The Morgan fingerprint density at radius 1 is 0.800 bits per heavy atom. The van der Waals surface area contributed by atoms with Crippen LogP contribution in [0.15, 0.2) is 11.6 Å². The van der Waals surface area contributed by atoms with Gasteiger partial charge in [0.15, 0.2) is 0 Å². The fourth-order valence-electron chi connectivity index (χ4n) is 10.9. The molecule has 200 valence electrons. The van der Waals surface area contributed by atoms with E-state index >= 15 is 0 Å². The fourth-order valence-corrected chi connectivity index (χ4v) is 10.9. The molecule has 0 heterocycles. The smallest absolute Gasteiger partial charge is 0.0623 e. The number of aliphatic hydroxyl groups is 3. The first kappa shape index (κ1) is 26.2. The lowest BCUT2D eigenvalue weighted by atomic mass is 9.33. The summed E-state index contributed by atoms with van der Waals surface area (Å²) in [5, 5.41) is 33.9. The molecule has 0 aromatic rings. The fraction of sp³-hybridized carbons (Fsp3) is 0.933. The van der Waals surface area contributed by atoms with Crippen LogP contribution in [0.1, 0.15) is 92.9 Å². The number of rotatable bonds is 2. The number of aliphatic hydroxyl groups excluding tert-OH is 3. The van der Waals surface area contributed by atoms with Crippen LogP contribution in [0.4, 0.5) is 0 Å². The zero-order chi connectivity index (χ0) is 25.8. The molecule has 0 spiro atoms. The Morgan fingerprint density at radius 3 is 2.11 bits per heavy atom. The highest BCUT2D eigenvalue weighted by atomic mass is 16.3. The second-order valence-electron chi connectivity index (χ2n) is 15.2. The van der Waals surface area contributed by atoms with E-state index in [1.54, 1.807) is 0 Å². The molecule has 5 heteroatoms. The third kappa shape index (κ3) is 3.05. The Kier molecular flexibility index (Phi) is 5.82. The molecule has 5 nitrogen and oxygen atoms in total. The molecule has 0 saturated heterocycles. The molecule has 0 aromatic carbocycles. The summed E-state index contributed by atoms with van der Waals surface area (Å²) in [5.74, 6) is 1.13. The number of fused-ring (bicyclic) bond motifs is 7. The number of hydrogen-bond acceptors (Lipinski definition) is 5. The van der Waals surface area contributed by atoms with Crippen LogP contribution in [-0.4, -0.2) is 46.7 Å². The first-order chi connectivity index (χ1) is 16.2. The molecule has 11 atom stereocenters. The van der Waals surface area contributed by atoms with Crippen LogP contribution >= 0.6 is 0 Å². The summed E-state index contributed by atoms with van der Waals surface area (Å²) in [6, 6.07) is 0. The summed E-state index contributed by atoms with van der Waals surface area (Å²) in [6.07, 6.45) is 8.60. The van der Waals surface area contributed by atoms with Crippen LogP contribution in [-0.2, 0) is 0 Å². The maximum atomic E-state index is 11.8. The van der Waals surface area contributed by atoms with Gasteiger partial charge in [0.2, 0.25) is 0 Å². The zero-order valence-corrected chi connectivity index (χ0v) is 23.1. The molecule has 5 rings (SSSR count). The van der Waals surface area contributed by atoms with E-state index in [0.29, 0.717) is 31.3 Å². The van der Waals surface area contributed by atoms with Crippen molar-refractivity contribution in [2.75, 3.05) is 13.1 Å². The van der Waals surface area contributed by atoms with Crippen LogP contribution in [0.3, 0.4) is 0 Å². The van der Waals surface area contributed by atoms with Crippen molar-refractivity contribution in [1.29, 1.82) is 0 Å². The monoisotopic (exact) mass is 488 g/mol. The molecule has 5 aliphatic rings. The van der Waals surface area contributed by atoms with Gasteiger partial charge in [-0.2, -0.15) is 0 Å². The van der Waals surface area contributed by atoms with Crippen molar-refractivity contribution in [3.63, 3.8) is 0 Å². The molecular weight excluding hydrogens is 436 g/mol. The highest BCUT2D eigenvalue weighted by Gasteiger charge is 2.70. The SMILES string of the molecule is CC1(C)CC2C3=CCC4[C@@]5(C)CC[C@H](O)[C@](C)(CN)C5CC[C@@]4(C)[C@]3(C)C[C@@H](O)[C@@]2(CN)C[C@@H]1O. The van der Waals surface area contributed by atoms with E-state index in [1.165, 1.54) is 5.57 Å². The van der Waals surface area contributed by atoms with Crippen LogP contribution in [0.2, 0.25) is 0 Å². The molecule has 0 bridgehead atoms. The molecule has 5 aliphatic carbocycles. The van der Waals surface area contributed by atoms with Gasteiger partial charge < -0.3 is 26.8 Å². The van der Waals surface area contributed by atoms with Gasteiger partial charge in [-0.05, 0) is 90.8 Å². The third-order valence-corrected chi connectivity index (χ3v) is 13.7. The quantitative estimate of drug-likeness (QED) is 0.377. The zero-order valence-electron chi connectivity index (χ0n) is 23.1. The van der Waals surface area contributed by atoms with Crippen molar-refractivity contribution in [3.8, 4) is 0 Å². The maximum absolute atomic E-state index is 11.8. The van der Waals surface area contributed by atoms with Gasteiger partial charge in [0.05, 0.1) is 18.3 Å². The van der Waals surface area contributed by atoms with Crippen molar-refractivity contribution < 1.29 is 15.3 Å². The summed E-state index contributed by atoms with van der Waals surface area (Å²) >= 11 is 0. The van der Waals surface area contributed by atoms with E-state index in [2.05, 4.69) is 47.6 Å². The van der Waals surface area contributed by atoms with Gasteiger partial charge in [-0.3, -0.25) is 0 Å². The Labute approximate surface area is 213 Å². The molecular formula is C30H52N2O3. The maximum Gasteiger partial charge on any atom is 0.0623 e. The molecule has 7 N–H and O–H groups in total. The Morgan fingerprint density at radius 2 is 1.49 bits per heavy atom. The third-order valence-electron chi connectivity index (χ3n) is 13.7. The van der Waals surface area contributed by atoms with Gasteiger partial charge in [0, 0.05) is 23.9 Å². The van der Waals surface area contributed by atoms with Gasteiger partial charge in [0.25, 0.3) is 0 Å². The second kappa shape index (κ2) is 7.79. The lowest BCUT2D eigenvalue weighted by molar-refractivity contribution is -0.220. The number of allylic oxidation sites excluding steroid dienone is 2. The lowest BCUT2D eigenvalue weighted by Crippen LogP contribution is -2.68. The summed E-state index contributed by atoms with van der Waals surface area (Å²) in [4.78, 5) is 0. The van der Waals surface area contributed by atoms with Crippen molar-refractivity contribution >= 4 is 0 Å². The van der Waals surface area contributed by atoms with E-state index in [0.717, 1.165) is 44.9 Å². The lowest BCUT2D eigenvalue weighted by Gasteiger charge is -2.72. The normalized spacial score (nSPS) is 57.3. The first-order valence-corrected chi connectivity index (χ1v) is 14.3. The molecule has 4 fully saturated rings. The molecule has 3 unspecified atom stereocenters. The summed E-state index contributed by atoms with van der Waals surface area (Å²) in [6.45, 7) is 15.0. The van der Waals surface area contributed by atoms with Gasteiger partial charge in [-0.25, -0.2) is 0 Å². The van der Waals surface area contributed by atoms with Crippen molar-refractivity contribution in [3.05, 3.63) is 11.6 Å². The summed E-state index contributed by atoms with van der Waals surface area (Å²) in [5.41, 5.74) is 13.6. The summed E-state index contributed by atoms with van der Waals surface area (Å²) < 4.78 is 0. The molecule has 0 radical (unpaired) electrons. The first-order valence-electron chi connectivity index (χ1n) is 14.3. The molecule has 0 aromatic heterocycles. The Bertz CT molecular complexity index is 904. The van der Waals surface area contributed by atoms with Crippen LogP contribution in [0, 0.1) is 50.2 Å². The largest absolute Gasteiger partial charge is 0.393 e. The minimum atomic E-state index is -0.506. The average molecular weight is 489 g/mol. The van der Waals surface area contributed by atoms with E-state index in [-0.39, 0.29) is 39.1 Å². The van der Waals surface area contributed by atoms with Crippen molar-refractivity contribution in [1.82, 2.24) is 0 Å².